The lowest BCUT2D eigenvalue weighted by atomic mass is 10.0. The van der Waals surface area contributed by atoms with E-state index in [0.717, 1.165) is 29.3 Å². The summed E-state index contributed by atoms with van der Waals surface area (Å²) in [5.41, 5.74) is -0.453. The highest BCUT2D eigenvalue weighted by Gasteiger charge is 2.37. The number of hydrogen-bond acceptors (Lipinski definition) is 7. The Bertz CT molecular complexity index is 1290. The quantitative estimate of drug-likeness (QED) is 0.356. The number of aliphatic hydroxyl groups is 1. The van der Waals surface area contributed by atoms with Crippen LogP contribution >= 0.6 is 0 Å². The van der Waals surface area contributed by atoms with E-state index in [-0.39, 0.29) is 38.0 Å². The zero-order valence-corrected chi connectivity index (χ0v) is 23.8. The van der Waals surface area contributed by atoms with Crippen LogP contribution in [0, 0.1) is 11.6 Å². The average molecular weight is 573 g/mol. The van der Waals surface area contributed by atoms with Gasteiger partial charge in [-0.15, -0.1) is 0 Å². The Labute approximate surface area is 239 Å². The molecule has 0 spiro atoms. The highest BCUT2D eigenvalue weighted by molar-refractivity contribution is 5.77. The van der Waals surface area contributed by atoms with Gasteiger partial charge in [0.05, 0.1) is 13.1 Å². The van der Waals surface area contributed by atoms with E-state index in [1.54, 1.807) is 11.1 Å². The fourth-order valence-corrected chi connectivity index (χ4v) is 4.90. The van der Waals surface area contributed by atoms with Crippen LogP contribution in [0.3, 0.4) is 0 Å². The molecule has 1 unspecified atom stereocenters. The highest BCUT2D eigenvalue weighted by Crippen LogP contribution is 2.22. The Hall–Kier alpha value is -3.54. The van der Waals surface area contributed by atoms with E-state index in [2.05, 4.69) is 23.4 Å². The molecule has 222 valence electrons. The van der Waals surface area contributed by atoms with Gasteiger partial charge >= 0.3 is 0 Å². The van der Waals surface area contributed by atoms with Crippen LogP contribution in [-0.4, -0.2) is 89.1 Å². The minimum atomic E-state index is -1.46. The van der Waals surface area contributed by atoms with Crippen molar-refractivity contribution in [3.63, 3.8) is 0 Å². The summed E-state index contributed by atoms with van der Waals surface area (Å²) in [4.78, 5) is 20.6. The summed E-state index contributed by atoms with van der Waals surface area (Å²) in [5, 5.41) is 11.6. The number of aromatic nitrogens is 2. The summed E-state index contributed by atoms with van der Waals surface area (Å²) in [5.74, 6) is -0.0669. The normalized spacial score (nSPS) is 18.0. The van der Waals surface area contributed by atoms with Crippen LogP contribution in [-0.2, 0) is 22.6 Å². The number of hydrogen-bond donors (Lipinski definition) is 1. The Morgan fingerprint density at radius 1 is 1.05 bits per heavy atom. The van der Waals surface area contributed by atoms with Crippen LogP contribution in [0.15, 0.2) is 54.9 Å². The van der Waals surface area contributed by atoms with E-state index in [0.29, 0.717) is 38.7 Å². The standard InChI is InChI=1S/C30H38F2N4O5/c1-22(2)29-33-10-11-35(29)14-15-40-24-6-4-23(5-7-24)17-34-12-13-36(28(37)18-39-3)20-30(38,19-34)21-41-25-8-9-26(31)27(32)16-25/h4-11,16,22,38H,12-15,17-21H2,1-3H3. The number of imidazole rings is 1. The molecule has 9 nitrogen and oxygen atoms in total. The molecule has 1 N–H and O–H groups in total. The van der Waals surface area contributed by atoms with Crippen molar-refractivity contribution in [2.24, 2.45) is 0 Å². The fourth-order valence-electron chi connectivity index (χ4n) is 4.90. The summed E-state index contributed by atoms with van der Waals surface area (Å²) in [7, 11) is 1.44. The molecule has 0 bridgehead atoms. The Morgan fingerprint density at radius 2 is 1.80 bits per heavy atom. The van der Waals surface area contributed by atoms with Gasteiger partial charge in [-0.05, 0) is 29.8 Å². The summed E-state index contributed by atoms with van der Waals surface area (Å²) in [6.45, 7) is 6.75. The fraction of sp³-hybridized carbons (Fsp3) is 0.467. The maximum atomic E-state index is 13.7. The van der Waals surface area contributed by atoms with Crippen molar-refractivity contribution in [3.8, 4) is 11.5 Å². The van der Waals surface area contributed by atoms with Gasteiger partial charge in [-0.1, -0.05) is 26.0 Å². The SMILES string of the molecule is COCC(=O)N1CCN(Cc2ccc(OCCn3ccnc3C(C)C)cc2)CC(O)(COc2ccc(F)c(F)c2)C1. The Balaban J connectivity index is 1.38. The number of β-amino-alcohol motifs (C(OH)–C–C–N with tert-alkyl or cyclic N) is 1. The lowest BCUT2D eigenvalue weighted by Crippen LogP contribution is -2.52. The molecule has 3 aromatic rings. The van der Waals surface area contributed by atoms with Gasteiger partial charge in [-0.2, -0.15) is 0 Å². The first kappa shape index (κ1) is 30.4. The molecule has 1 aliphatic heterocycles. The third-order valence-corrected chi connectivity index (χ3v) is 6.90. The van der Waals surface area contributed by atoms with Gasteiger partial charge < -0.3 is 28.8 Å². The zero-order chi connectivity index (χ0) is 29.4. The van der Waals surface area contributed by atoms with Crippen LogP contribution in [0.2, 0.25) is 0 Å². The molecule has 1 aromatic heterocycles. The molecule has 1 saturated heterocycles. The minimum Gasteiger partial charge on any atom is -0.492 e. The first-order valence-electron chi connectivity index (χ1n) is 13.7. The van der Waals surface area contributed by atoms with Gasteiger partial charge in [0, 0.05) is 57.7 Å². The molecule has 11 heteroatoms. The second-order valence-corrected chi connectivity index (χ2v) is 10.7. The van der Waals surface area contributed by atoms with Crippen molar-refractivity contribution in [1.82, 2.24) is 19.4 Å². The third-order valence-electron chi connectivity index (χ3n) is 6.90. The molecular formula is C30H38F2N4O5. The van der Waals surface area contributed by atoms with Crippen LogP contribution in [0.5, 0.6) is 11.5 Å². The average Bonchev–Trinajstić information content (AvgIpc) is 3.35. The lowest BCUT2D eigenvalue weighted by molar-refractivity contribution is -0.138. The summed E-state index contributed by atoms with van der Waals surface area (Å²) in [6.07, 6.45) is 3.76. The van der Waals surface area contributed by atoms with Gasteiger partial charge in [-0.3, -0.25) is 9.69 Å². The van der Waals surface area contributed by atoms with Crippen molar-refractivity contribution >= 4 is 5.91 Å². The molecule has 2 aromatic carbocycles. The molecule has 1 atom stereocenters. The summed E-state index contributed by atoms with van der Waals surface area (Å²) < 4.78 is 45.7. The second kappa shape index (κ2) is 13.9. The number of nitrogens with zero attached hydrogens (tertiary/aromatic N) is 4. The Morgan fingerprint density at radius 3 is 2.51 bits per heavy atom. The van der Waals surface area contributed by atoms with Crippen molar-refractivity contribution in [2.45, 2.75) is 38.5 Å². The maximum absolute atomic E-state index is 13.7. The van der Waals surface area contributed by atoms with E-state index >= 15 is 0 Å². The smallest absolute Gasteiger partial charge is 0.248 e. The first-order chi connectivity index (χ1) is 19.7. The largest absolute Gasteiger partial charge is 0.492 e. The van der Waals surface area contributed by atoms with Gasteiger partial charge in [0.25, 0.3) is 0 Å². The molecular weight excluding hydrogens is 534 g/mol. The molecule has 0 saturated carbocycles. The van der Waals surface area contributed by atoms with E-state index in [1.165, 1.54) is 13.2 Å². The highest BCUT2D eigenvalue weighted by atomic mass is 19.2. The molecule has 1 fully saturated rings. The van der Waals surface area contributed by atoms with Gasteiger partial charge in [-0.25, -0.2) is 13.8 Å². The topological polar surface area (TPSA) is 89.3 Å². The molecule has 2 heterocycles. The van der Waals surface area contributed by atoms with Crippen molar-refractivity contribution < 1.29 is 32.9 Å². The zero-order valence-electron chi connectivity index (χ0n) is 23.8. The first-order valence-corrected chi connectivity index (χ1v) is 13.7. The number of amides is 1. The van der Waals surface area contributed by atoms with Crippen molar-refractivity contribution in [3.05, 3.63) is 77.9 Å². The molecule has 4 rings (SSSR count). The third kappa shape index (κ3) is 8.48. The summed E-state index contributed by atoms with van der Waals surface area (Å²) in [6, 6.07) is 11.0. The maximum Gasteiger partial charge on any atom is 0.248 e. The monoisotopic (exact) mass is 572 g/mol. The van der Waals surface area contributed by atoms with Gasteiger partial charge in [0.2, 0.25) is 5.91 Å². The predicted octanol–water partition coefficient (Wildman–Crippen LogP) is 3.46. The summed E-state index contributed by atoms with van der Waals surface area (Å²) >= 11 is 0. The van der Waals surface area contributed by atoms with E-state index in [4.69, 9.17) is 14.2 Å². The number of halogens is 2. The van der Waals surface area contributed by atoms with E-state index in [9.17, 15) is 18.7 Å². The van der Waals surface area contributed by atoms with Crippen molar-refractivity contribution in [2.75, 3.05) is 53.1 Å². The van der Waals surface area contributed by atoms with Crippen molar-refractivity contribution in [1.29, 1.82) is 0 Å². The minimum absolute atomic E-state index is 0.0115. The number of rotatable bonds is 12. The van der Waals surface area contributed by atoms with Crippen LogP contribution in [0.4, 0.5) is 8.78 Å². The number of carbonyl (C=O) groups excluding carboxylic acids is 1. The molecule has 1 amide bonds. The van der Waals surface area contributed by atoms with E-state index < -0.39 is 17.2 Å². The molecule has 0 aliphatic carbocycles. The van der Waals surface area contributed by atoms with Gasteiger partial charge in [0.15, 0.2) is 11.6 Å². The molecule has 0 radical (unpaired) electrons. The number of methoxy groups -OCH3 is 1. The predicted molar refractivity (Wildman–Crippen MR) is 149 cm³/mol. The van der Waals surface area contributed by atoms with Crippen LogP contribution in [0.1, 0.15) is 31.2 Å². The number of ether oxygens (including phenoxy) is 3. The molecule has 41 heavy (non-hydrogen) atoms. The van der Waals surface area contributed by atoms with Crippen LogP contribution in [0.25, 0.3) is 0 Å². The second-order valence-electron chi connectivity index (χ2n) is 10.7. The Kier molecular flexibility index (Phi) is 10.3. The lowest BCUT2D eigenvalue weighted by Gasteiger charge is -2.33. The number of benzene rings is 2. The molecule has 1 aliphatic rings. The number of carbonyl (C=O) groups is 1. The van der Waals surface area contributed by atoms with Crippen LogP contribution < -0.4 is 9.47 Å². The van der Waals surface area contributed by atoms with Gasteiger partial charge in [0.1, 0.15) is 42.7 Å². The van der Waals surface area contributed by atoms with E-state index in [1.807, 2.05) is 35.4 Å².